The maximum atomic E-state index is 12.3. The summed E-state index contributed by atoms with van der Waals surface area (Å²) in [6.07, 6.45) is 6.22. The lowest BCUT2D eigenvalue weighted by molar-refractivity contribution is -0.129. The molecule has 2 fully saturated rings. The van der Waals surface area contributed by atoms with E-state index in [4.69, 9.17) is 10.5 Å². The van der Waals surface area contributed by atoms with Gasteiger partial charge in [-0.05, 0) is 39.5 Å². The van der Waals surface area contributed by atoms with E-state index in [1.807, 2.05) is 6.92 Å². The predicted molar refractivity (Wildman–Crippen MR) is 78.4 cm³/mol. The zero-order chi connectivity index (χ0) is 13.2. The molecule has 1 heterocycles. The second-order valence-electron chi connectivity index (χ2n) is 6.42. The number of carbonyl (C=O) groups is 1. The average Bonchev–Trinajstić information content (AvgIpc) is 2.73. The molecule has 3 N–H and O–H groups in total. The quantitative estimate of drug-likeness (QED) is 0.835. The van der Waals surface area contributed by atoms with Crippen molar-refractivity contribution in [3.63, 3.8) is 0 Å². The third kappa shape index (κ3) is 4.07. The van der Waals surface area contributed by atoms with Crippen molar-refractivity contribution in [2.24, 2.45) is 11.7 Å². The minimum Gasteiger partial charge on any atom is -0.373 e. The van der Waals surface area contributed by atoms with E-state index in [0.29, 0.717) is 6.54 Å². The maximum absolute atomic E-state index is 12.3. The van der Waals surface area contributed by atoms with Crippen LogP contribution in [0.15, 0.2) is 0 Å². The van der Waals surface area contributed by atoms with E-state index in [0.717, 1.165) is 45.1 Å². The average molecular weight is 291 g/mol. The first-order valence-corrected chi connectivity index (χ1v) is 7.14. The number of amides is 1. The zero-order valence-electron chi connectivity index (χ0n) is 12.0. The van der Waals surface area contributed by atoms with Crippen molar-refractivity contribution in [2.75, 3.05) is 13.2 Å². The third-order valence-electron chi connectivity index (χ3n) is 4.51. The summed E-state index contributed by atoms with van der Waals surface area (Å²) >= 11 is 0. The molecule has 2 rings (SSSR count). The molecule has 2 aliphatic rings. The van der Waals surface area contributed by atoms with Crippen LogP contribution in [0.4, 0.5) is 0 Å². The summed E-state index contributed by atoms with van der Waals surface area (Å²) in [6, 6.07) is 0. The van der Waals surface area contributed by atoms with E-state index in [2.05, 4.69) is 12.2 Å². The van der Waals surface area contributed by atoms with Crippen molar-refractivity contribution in [3.05, 3.63) is 0 Å². The molecule has 1 aliphatic carbocycles. The van der Waals surface area contributed by atoms with Crippen molar-refractivity contribution in [2.45, 2.75) is 63.5 Å². The molecule has 1 saturated carbocycles. The highest BCUT2D eigenvalue weighted by Crippen LogP contribution is 2.32. The molecule has 1 aliphatic heterocycles. The van der Waals surface area contributed by atoms with E-state index in [1.165, 1.54) is 0 Å². The first-order valence-electron chi connectivity index (χ1n) is 7.14. The van der Waals surface area contributed by atoms with Crippen molar-refractivity contribution < 1.29 is 9.53 Å². The smallest absolute Gasteiger partial charge is 0.225 e. The standard InChI is InChI=1S/C14H26N2O2.ClH/c1-13(7-5-9-18-13)10-16-12(17)11-6-3-4-8-14(11,2)15;/h11H,3-10,15H2,1-2H3,(H,16,17);1H. The highest BCUT2D eigenvalue weighted by Gasteiger charge is 2.39. The number of nitrogens with one attached hydrogen (secondary N) is 1. The van der Waals surface area contributed by atoms with Gasteiger partial charge in [0.15, 0.2) is 0 Å². The number of nitrogens with two attached hydrogens (primary N) is 1. The van der Waals surface area contributed by atoms with E-state index >= 15 is 0 Å². The molecule has 3 atom stereocenters. The molecule has 0 radical (unpaired) electrons. The summed E-state index contributed by atoms with van der Waals surface area (Å²) in [5, 5.41) is 3.05. The second-order valence-corrected chi connectivity index (χ2v) is 6.42. The Morgan fingerprint density at radius 2 is 2.05 bits per heavy atom. The van der Waals surface area contributed by atoms with Crippen LogP contribution < -0.4 is 11.1 Å². The summed E-state index contributed by atoms with van der Waals surface area (Å²) < 4.78 is 5.68. The van der Waals surface area contributed by atoms with E-state index in [-0.39, 0.29) is 35.4 Å². The molecular weight excluding hydrogens is 264 g/mol. The molecule has 5 heteroatoms. The Morgan fingerprint density at radius 3 is 2.63 bits per heavy atom. The minimum atomic E-state index is -0.347. The number of rotatable bonds is 3. The summed E-state index contributed by atoms with van der Waals surface area (Å²) in [6.45, 7) is 5.50. The molecule has 0 spiro atoms. The Bertz CT molecular complexity index is 315. The first kappa shape index (κ1) is 16.7. The van der Waals surface area contributed by atoms with E-state index < -0.39 is 0 Å². The number of hydrogen-bond donors (Lipinski definition) is 2. The first-order chi connectivity index (χ1) is 8.43. The highest BCUT2D eigenvalue weighted by atomic mass is 35.5. The van der Waals surface area contributed by atoms with Gasteiger partial charge in [0, 0.05) is 18.7 Å². The number of hydrogen-bond acceptors (Lipinski definition) is 3. The Balaban J connectivity index is 0.00000180. The maximum Gasteiger partial charge on any atom is 0.225 e. The lowest BCUT2D eigenvalue weighted by atomic mass is 9.74. The fraction of sp³-hybridized carbons (Fsp3) is 0.929. The van der Waals surface area contributed by atoms with Crippen LogP contribution in [0.2, 0.25) is 0 Å². The molecular formula is C14H27ClN2O2. The molecule has 1 saturated heterocycles. The van der Waals surface area contributed by atoms with Gasteiger partial charge in [-0.2, -0.15) is 0 Å². The number of carbonyl (C=O) groups excluding carboxylic acids is 1. The highest BCUT2D eigenvalue weighted by molar-refractivity contribution is 5.85. The van der Waals surface area contributed by atoms with Crippen LogP contribution in [-0.2, 0) is 9.53 Å². The second kappa shape index (κ2) is 6.42. The Kier molecular flexibility index (Phi) is 5.65. The van der Waals surface area contributed by atoms with Crippen molar-refractivity contribution in [1.82, 2.24) is 5.32 Å². The fourth-order valence-electron chi connectivity index (χ4n) is 3.16. The topological polar surface area (TPSA) is 64.4 Å². The molecule has 0 bridgehead atoms. The van der Waals surface area contributed by atoms with Crippen LogP contribution in [0.1, 0.15) is 52.4 Å². The van der Waals surface area contributed by atoms with Gasteiger partial charge in [-0.25, -0.2) is 0 Å². The summed E-state index contributed by atoms with van der Waals surface area (Å²) in [4.78, 5) is 12.3. The van der Waals surface area contributed by atoms with Gasteiger partial charge in [0.1, 0.15) is 0 Å². The third-order valence-corrected chi connectivity index (χ3v) is 4.51. The molecule has 19 heavy (non-hydrogen) atoms. The monoisotopic (exact) mass is 290 g/mol. The Labute approximate surface area is 122 Å². The molecule has 3 unspecified atom stereocenters. The molecule has 0 aromatic heterocycles. The predicted octanol–water partition coefficient (Wildman–Crippen LogP) is 2.00. The van der Waals surface area contributed by atoms with Gasteiger partial charge in [0.05, 0.1) is 11.5 Å². The molecule has 0 aromatic carbocycles. The molecule has 112 valence electrons. The fourth-order valence-corrected chi connectivity index (χ4v) is 3.16. The van der Waals surface area contributed by atoms with Crippen LogP contribution in [0.25, 0.3) is 0 Å². The van der Waals surface area contributed by atoms with E-state index in [9.17, 15) is 4.79 Å². The van der Waals surface area contributed by atoms with Crippen molar-refractivity contribution in [3.8, 4) is 0 Å². The molecule has 4 nitrogen and oxygen atoms in total. The van der Waals surface area contributed by atoms with Gasteiger partial charge >= 0.3 is 0 Å². The number of ether oxygens (including phenoxy) is 1. The van der Waals surface area contributed by atoms with Crippen LogP contribution in [-0.4, -0.2) is 30.2 Å². The van der Waals surface area contributed by atoms with Gasteiger partial charge in [-0.3, -0.25) is 4.79 Å². The zero-order valence-corrected chi connectivity index (χ0v) is 12.9. The van der Waals surface area contributed by atoms with Crippen LogP contribution in [0.5, 0.6) is 0 Å². The lowest BCUT2D eigenvalue weighted by Crippen LogP contribution is -2.54. The largest absolute Gasteiger partial charge is 0.373 e. The van der Waals surface area contributed by atoms with Gasteiger partial charge in [0.25, 0.3) is 0 Å². The van der Waals surface area contributed by atoms with Crippen molar-refractivity contribution >= 4 is 18.3 Å². The lowest BCUT2D eigenvalue weighted by Gasteiger charge is -2.37. The van der Waals surface area contributed by atoms with Crippen LogP contribution in [0.3, 0.4) is 0 Å². The van der Waals surface area contributed by atoms with Gasteiger partial charge in [0.2, 0.25) is 5.91 Å². The van der Waals surface area contributed by atoms with Gasteiger partial charge in [-0.15, -0.1) is 12.4 Å². The molecule has 1 amide bonds. The van der Waals surface area contributed by atoms with Crippen LogP contribution in [0, 0.1) is 5.92 Å². The summed E-state index contributed by atoms with van der Waals surface area (Å²) in [5.74, 6) is 0.0627. The van der Waals surface area contributed by atoms with Crippen LogP contribution >= 0.6 is 12.4 Å². The van der Waals surface area contributed by atoms with E-state index in [1.54, 1.807) is 0 Å². The Hall–Kier alpha value is -0.320. The minimum absolute atomic E-state index is 0. The SMILES string of the molecule is CC1(CNC(=O)C2CCCCC2(C)N)CCCO1.Cl. The molecule has 0 aromatic rings. The summed E-state index contributed by atoms with van der Waals surface area (Å²) in [7, 11) is 0. The van der Waals surface area contributed by atoms with Gasteiger partial charge in [-0.1, -0.05) is 12.8 Å². The Morgan fingerprint density at radius 1 is 1.32 bits per heavy atom. The normalized spacial score (nSPS) is 38.6. The van der Waals surface area contributed by atoms with Gasteiger partial charge < -0.3 is 15.8 Å². The van der Waals surface area contributed by atoms with Crippen molar-refractivity contribution in [1.29, 1.82) is 0 Å². The summed E-state index contributed by atoms with van der Waals surface area (Å²) in [5.41, 5.74) is 5.73. The number of halogens is 1.